The van der Waals surface area contributed by atoms with Crippen molar-refractivity contribution < 1.29 is 19.4 Å². The van der Waals surface area contributed by atoms with Gasteiger partial charge in [-0.05, 0) is 19.1 Å². The van der Waals surface area contributed by atoms with Gasteiger partial charge in [0.25, 0.3) is 0 Å². The van der Waals surface area contributed by atoms with Crippen LogP contribution in [0.5, 0.6) is 0 Å². The summed E-state index contributed by atoms with van der Waals surface area (Å²) in [5.41, 5.74) is -0.917. The minimum Gasteiger partial charge on any atom is -0.469 e. The predicted octanol–water partition coefficient (Wildman–Crippen LogP) is -1.27. The van der Waals surface area contributed by atoms with E-state index in [1.165, 1.54) is 7.11 Å². The second kappa shape index (κ2) is 3.83. The van der Waals surface area contributed by atoms with E-state index in [-0.39, 0.29) is 6.61 Å². The number of carbonyl (C=O) groups excluding carboxylic acids is 1. The second-order valence-corrected chi connectivity index (χ2v) is 4.52. The van der Waals surface area contributed by atoms with Crippen molar-refractivity contribution in [3.05, 3.63) is 0 Å². The summed E-state index contributed by atoms with van der Waals surface area (Å²) in [6.07, 6.45) is -0.780. The fourth-order valence-electron chi connectivity index (χ4n) is 2.22. The number of carbonyl (C=O) groups is 1. The highest BCUT2D eigenvalue weighted by atomic mass is 32.1. The van der Waals surface area contributed by atoms with Crippen LogP contribution in [0.2, 0.25) is 0 Å². The first-order valence-electron chi connectivity index (χ1n) is 4.96. The van der Waals surface area contributed by atoms with Crippen LogP contribution in [0.4, 0.5) is 0 Å². The minimum atomic E-state index is -0.917. The van der Waals surface area contributed by atoms with Crippen LogP contribution in [0.25, 0.3) is 0 Å². The predicted molar refractivity (Wildman–Crippen MR) is 58.5 cm³/mol. The topological polar surface area (TPSA) is 79.8 Å². The maximum absolute atomic E-state index is 11.7. The van der Waals surface area contributed by atoms with Crippen LogP contribution in [0.15, 0.2) is 0 Å². The maximum Gasteiger partial charge on any atom is 0.315 e. The van der Waals surface area contributed by atoms with Gasteiger partial charge in [-0.2, -0.15) is 0 Å². The normalized spacial score (nSPS) is 41.9. The third-order valence-electron chi connectivity index (χ3n) is 3.04. The molecular formula is C9H14N2O4S. The summed E-state index contributed by atoms with van der Waals surface area (Å²) in [6.45, 7) is 1.87. The summed E-state index contributed by atoms with van der Waals surface area (Å²) in [4.78, 5) is 11.7. The van der Waals surface area contributed by atoms with Gasteiger partial charge in [-0.25, -0.2) is 0 Å². The molecule has 2 aliphatic heterocycles. The molecule has 0 aromatic rings. The van der Waals surface area contributed by atoms with Gasteiger partial charge < -0.3 is 25.2 Å². The van der Waals surface area contributed by atoms with Gasteiger partial charge >= 0.3 is 5.97 Å². The molecule has 2 heterocycles. The molecule has 2 fully saturated rings. The lowest BCUT2D eigenvalue weighted by Crippen LogP contribution is -2.75. The number of thiocarbonyl (C=S) groups is 1. The zero-order valence-electron chi connectivity index (χ0n) is 9.02. The van der Waals surface area contributed by atoms with Gasteiger partial charge in [0.15, 0.2) is 10.8 Å². The Bertz CT molecular complexity index is 337. The molecule has 16 heavy (non-hydrogen) atoms. The Morgan fingerprint density at radius 2 is 2.44 bits per heavy atom. The Hall–Kier alpha value is -0.920. The number of rotatable bonds is 1. The molecular weight excluding hydrogens is 232 g/mol. The van der Waals surface area contributed by atoms with Crippen LogP contribution in [-0.2, 0) is 14.3 Å². The Balaban J connectivity index is 2.34. The summed E-state index contributed by atoms with van der Waals surface area (Å²) in [5, 5.41) is 15.9. The van der Waals surface area contributed by atoms with Crippen LogP contribution in [-0.4, -0.2) is 47.8 Å². The molecule has 0 unspecified atom stereocenters. The molecule has 0 amide bonds. The van der Waals surface area contributed by atoms with Crippen molar-refractivity contribution in [1.29, 1.82) is 0 Å². The Kier molecular flexibility index (Phi) is 2.77. The zero-order chi connectivity index (χ0) is 11.9. The highest BCUT2D eigenvalue weighted by Crippen LogP contribution is 2.33. The van der Waals surface area contributed by atoms with Crippen LogP contribution in [0, 0.1) is 5.92 Å². The highest BCUT2D eigenvalue weighted by molar-refractivity contribution is 7.80. The molecule has 0 spiro atoms. The van der Waals surface area contributed by atoms with Gasteiger partial charge in [0.1, 0.15) is 5.92 Å². The highest BCUT2D eigenvalue weighted by Gasteiger charge is 2.55. The fourth-order valence-corrected chi connectivity index (χ4v) is 2.56. The molecule has 2 bridgehead atoms. The van der Waals surface area contributed by atoms with Crippen molar-refractivity contribution in [2.75, 3.05) is 13.7 Å². The smallest absolute Gasteiger partial charge is 0.315 e. The number of methoxy groups -OCH3 is 1. The maximum atomic E-state index is 11.7. The van der Waals surface area contributed by atoms with Crippen molar-refractivity contribution in [1.82, 2.24) is 10.6 Å². The van der Waals surface area contributed by atoms with Crippen molar-refractivity contribution in [3.63, 3.8) is 0 Å². The first-order valence-corrected chi connectivity index (χ1v) is 5.37. The number of hydrogen-bond acceptors (Lipinski definition) is 5. The zero-order valence-corrected chi connectivity index (χ0v) is 9.84. The molecule has 0 radical (unpaired) electrons. The van der Waals surface area contributed by atoms with E-state index in [2.05, 4.69) is 10.6 Å². The van der Waals surface area contributed by atoms with E-state index in [0.29, 0.717) is 5.11 Å². The van der Waals surface area contributed by atoms with E-state index in [1.807, 2.05) is 0 Å². The summed E-state index contributed by atoms with van der Waals surface area (Å²) >= 11 is 5.00. The number of ether oxygens (including phenoxy) is 2. The summed E-state index contributed by atoms with van der Waals surface area (Å²) in [5.74, 6) is -1.07. The third-order valence-corrected chi connectivity index (χ3v) is 3.26. The average molecular weight is 246 g/mol. The van der Waals surface area contributed by atoms with Crippen LogP contribution >= 0.6 is 12.2 Å². The molecule has 4 atom stereocenters. The number of esters is 1. The molecule has 2 rings (SSSR count). The van der Waals surface area contributed by atoms with E-state index < -0.39 is 29.8 Å². The fraction of sp³-hybridized carbons (Fsp3) is 0.778. The van der Waals surface area contributed by atoms with Gasteiger partial charge in [0.2, 0.25) is 0 Å². The number of hydrogen-bond donors (Lipinski definition) is 3. The summed E-state index contributed by atoms with van der Waals surface area (Å²) in [7, 11) is 1.31. The number of fused-ring (bicyclic) bond motifs is 2. The van der Waals surface area contributed by atoms with Crippen molar-refractivity contribution in [2.45, 2.75) is 24.8 Å². The quantitative estimate of drug-likeness (QED) is 0.393. The average Bonchev–Trinajstić information content (AvgIpc) is 2.22. The van der Waals surface area contributed by atoms with E-state index in [9.17, 15) is 9.90 Å². The SMILES string of the molecule is COC(=O)[C@H]1[C@H]2NC(=S)N[C@]1(C)OC[C@H]2O. The summed E-state index contributed by atoms with van der Waals surface area (Å²) < 4.78 is 10.2. The van der Waals surface area contributed by atoms with Gasteiger partial charge in [-0.3, -0.25) is 4.79 Å². The third kappa shape index (κ3) is 1.64. The molecule has 2 aliphatic rings. The molecule has 90 valence electrons. The molecule has 0 aromatic carbocycles. The van der Waals surface area contributed by atoms with Gasteiger partial charge in [-0.15, -0.1) is 0 Å². The summed E-state index contributed by atoms with van der Waals surface area (Å²) in [6, 6.07) is -0.472. The molecule has 6 nitrogen and oxygen atoms in total. The van der Waals surface area contributed by atoms with E-state index >= 15 is 0 Å². The number of nitrogens with one attached hydrogen (secondary N) is 2. The van der Waals surface area contributed by atoms with E-state index in [1.54, 1.807) is 6.92 Å². The molecule has 7 heteroatoms. The van der Waals surface area contributed by atoms with Gasteiger partial charge in [0, 0.05) is 0 Å². The largest absolute Gasteiger partial charge is 0.469 e. The lowest BCUT2D eigenvalue weighted by molar-refractivity contribution is -0.198. The van der Waals surface area contributed by atoms with Crippen molar-refractivity contribution >= 4 is 23.3 Å². The first-order chi connectivity index (χ1) is 7.48. The van der Waals surface area contributed by atoms with E-state index in [0.717, 1.165) is 0 Å². The van der Waals surface area contributed by atoms with Gasteiger partial charge in [0.05, 0.1) is 25.9 Å². The van der Waals surface area contributed by atoms with Crippen molar-refractivity contribution in [3.8, 4) is 0 Å². The van der Waals surface area contributed by atoms with E-state index in [4.69, 9.17) is 21.7 Å². The lowest BCUT2D eigenvalue weighted by Gasteiger charge is -2.51. The Labute approximate surface area is 98.3 Å². The second-order valence-electron chi connectivity index (χ2n) is 4.11. The monoisotopic (exact) mass is 246 g/mol. The molecule has 0 aliphatic carbocycles. The van der Waals surface area contributed by atoms with Gasteiger partial charge in [-0.1, -0.05) is 0 Å². The van der Waals surface area contributed by atoms with Crippen molar-refractivity contribution in [2.24, 2.45) is 5.92 Å². The molecule has 0 aromatic heterocycles. The van der Waals surface area contributed by atoms with Crippen LogP contribution in [0.1, 0.15) is 6.92 Å². The number of aliphatic hydroxyl groups excluding tert-OH is 1. The molecule has 0 saturated carbocycles. The Morgan fingerprint density at radius 3 is 3.06 bits per heavy atom. The molecule has 3 N–H and O–H groups in total. The standard InChI is InChI=1S/C9H14N2O4S/c1-9-5(7(13)14-2)6(4(12)3-15-9)10-8(16)11-9/h4-6,12H,3H2,1-2H3,(H2,10,11,16)/t4-,5-,6+,9-/m1/s1. The Morgan fingerprint density at radius 1 is 1.75 bits per heavy atom. The first kappa shape index (κ1) is 11.6. The van der Waals surface area contributed by atoms with Crippen LogP contribution < -0.4 is 10.6 Å². The molecule has 2 saturated heterocycles. The minimum absolute atomic E-state index is 0.150. The number of aliphatic hydroxyl groups is 1. The van der Waals surface area contributed by atoms with Crippen LogP contribution in [0.3, 0.4) is 0 Å². The lowest BCUT2D eigenvalue weighted by atomic mass is 9.82.